The molecule has 0 aromatic carbocycles. The van der Waals surface area contributed by atoms with Crippen molar-refractivity contribution in [3.63, 3.8) is 0 Å². The Morgan fingerprint density at radius 3 is 2.33 bits per heavy atom. The number of hydrogen-bond acceptors (Lipinski definition) is 3. The third kappa shape index (κ3) is 3.09. The van der Waals surface area contributed by atoms with Crippen LogP contribution in [0.25, 0.3) is 0 Å². The number of rotatable bonds is 0. The van der Waals surface area contributed by atoms with Crippen LogP contribution in [0.5, 0.6) is 0 Å². The zero-order valence-electron chi connectivity index (χ0n) is 10.3. The Morgan fingerprint density at radius 2 is 2.00 bits per heavy atom. The molecular weight excluding hydrogens is 192 g/mol. The lowest BCUT2D eigenvalue weighted by molar-refractivity contribution is 0.0133. The zero-order chi connectivity index (χ0) is 11.9. The van der Waals surface area contributed by atoms with Gasteiger partial charge in [-0.15, -0.1) is 0 Å². The lowest BCUT2D eigenvalue weighted by atomic mass is 10.0. The normalized spacial score (nSPS) is 25.5. The van der Waals surface area contributed by atoms with E-state index in [1.54, 1.807) is 4.90 Å². The van der Waals surface area contributed by atoms with Crippen molar-refractivity contribution in [3.05, 3.63) is 0 Å². The van der Waals surface area contributed by atoms with Crippen LogP contribution in [0.2, 0.25) is 0 Å². The number of amides is 1. The first-order valence-electron chi connectivity index (χ1n) is 5.38. The van der Waals surface area contributed by atoms with Gasteiger partial charge in [-0.25, -0.2) is 4.79 Å². The van der Waals surface area contributed by atoms with Crippen LogP contribution in [-0.4, -0.2) is 34.7 Å². The number of carbonyl (C=O) groups excluding carboxylic acids is 1. The van der Waals surface area contributed by atoms with Crippen LogP contribution in [0.4, 0.5) is 4.79 Å². The largest absolute Gasteiger partial charge is 0.444 e. The van der Waals surface area contributed by atoms with Crippen molar-refractivity contribution in [1.29, 1.82) is 0 Å². The van der Waals surface area contributed by atoms with E-state index in [2.05, 4.69) is 0 Å². The maximum atomic E-state index is 11.9. The average molecular weight is 214 g/mol. The van der Waals surface area contributed by atoms with Gasteiger partial charge in [0.05, 0.1) is 0 Å². The Labute approximate surface area is 91.8 Å². The van der Waals surface area contributed by atoms with Crippen LogP contribution in [0, 0.1) is 0 Å². The molecule has 0 aliphatic carbocycles. The van der Waals surface area contributed by atoms with Gasteiger partial charge in [0.1, 0.15) is 5.60 Å². The molecule has 1 unspecified atom stereocenters. The summed E-state index contributed by atoms with van der Waals surface area (Å²) in [5, 5.41) is 0. The topological polar surface area (TPSA) is 55.6 Å². The van der Waals surface area contributed by atoms with Crippen LogP contribution < -0.4 is 5.73 Å². The smallest absolute Gasteiger partial charge is 0.410 e. The molecule has 0 spiro atoms. The Kier molecular flexibility index (Phi) is 3.01. The van der Waals surface area contributed by atoms with Crippen LogP contribution in [0.3, 0.4) is 0 Å². The molecule has 0 aromatic heterocycles. The third-order valence-electron chi connectivity index (χ3n) is 2.52. The van der Waals surface area contributed by atoms with Crippen molar-refractivity contribution in [3.8, 4) is 0 Å². The minimum Gasteiger partial charge on any atom is -0.444 e. The van der Waals surface area contributed by atoms with Crippen molar-refractivity contribution in [2.45, 2.75) is 58.2 Å². The van der Waals surface area contributed by atoms with E-state index in [0.717, 1.165) is 6.42 Å². The van der Waals surface area contributed by atoms with E-state index in [0.29, 0.717) is 6.54 Å². The highest BCUT2D eigenvalue weighted by atomic mass is 16.6. The summed E-state index contributed by atoms with van der Waals surface area (Å²) in [6.07, 6.45) is 0.562. The van der Waals surface area contributed by atoms with Crippen molar-refractivity contribution in [2.24, 2.45) is 5.73 Å². The molecular formula is C11H22N2O2. The van der Waals surface area contributed by atoms with Gasteiger partial charge >= 0.3 is 6.09 Å². The first-order valence-corrected chi connectivity index (χ1v) is 5.38. The number of likely N-dealkylation sites (tertiary alicyclic amines) is 1. The highest BCUT2D eigenvalue weighted by Gasteiger charge is 2.41. The van der Waals surface area contributed by atoms with E-state index in [1.807, 2.05) is 34.6 Å². The van der Waals surface area contributed by atoms with Crippen LogP contribution >= 0.6 is 0 Å². The summed E-state index contributed by atoms with van der Waals surface area (Å²) >= 11 is 0. The average Bonchev–Trinajstić information content (AvgIpc) is 2.20. The molecule has 1 aliphatic rings. The number of ether oxygens (including phenoxy) is 1. The zero-order valence-corrected chi connectivity index (χ0v) is 10.3. The first kappa shape index (κ1) is 12.3. The number of nitrogens with zero attached hydrogens (tertiary/aromatic N) is 1. The monoisotopic (exact) mass is 214 g/mol. The summed E-state index contributed by atoms with van der Waals surface area (Å²) in [5.74, 6) is 0. The number of carbonyl (C=O) groups is 1. The summed E-state index contributed by atoms with van der Waals surface area (Å²) in [7, 11) is 0. The Hall–Kier alpha value is -0.770. The highest BCUT2D eigenvalue weighted by molar-refractivity contribution is 5.69. The number of hydrogen-bond donors (Lipinski definition) is 1. The summed E-state index contributed by atoms with van der Waals surface area (Å²) in [5.41, 5.74) is 5.22. The van der Waals surface area contributed by atoms with Gasteiger partial charge in [0, 0.05) is 18.1 Å². The minimum atomic E-state index is -0.445. The second kappa shape index (κ2) is 3.67. The van der Waals surface area contributed by atoms with E-state index < -0.39 is 5.60 Å². The fraction of sp³-hybridized carbons (Fsp3) is 0.909. The first-order chi connectivity index (χ1) is 6.62. The number of nitrogens with two attached hydrogens (primary N) is 1. The molecule has 1 atom stereocenters. The van der Waals surface area contributed by atoms with Crippen molar-refractivity contribution < 1.29 is 9.53 Å². The van der Waals surface area contributed by atoms with Crippen LogP contribution in [-0.2, 0) is 4.74 Å². The minimum absolute atomic E-state index is 0.0625. The summed E-state index contributed by atoms with van der Waals surface area (Å²) in [4.78, 5) is 13.6. The summed E-state index contributed by atoms with van der Waals surface area (Å²) in [6, 6.07) is 0.0625. The van der Waals surface area contributed by atoms with Gasteiger partial charge in [-0.1, -0.05) is 0 Å². The molecule has 88 valence electrons. The Bertz CT molecular complexity index is 256. The van der Waals surface area contributed by atoms with Gasteiger partial charge in [-0.05, 0) is 41.0 Å². The predicted octanol–water partition coefficient (Wildman–Crippen LogP) is 1.73. The van der Waals surface area contributed by atoms with Crippen molar-refractivity contribution in [1.82, 2.24) is 4.90 Å². The quantitative estimate of drug-likeness (QED) is 0.668. The van der Waals surface area contributed by atoms with E-state index in [9.17, 15) is 4.79 Å². The molecule has 1 amide bonds. The molecule has 1 saturated heterocycles. The molecule has 0 bridgehead atoms. The van der Waals surface area contributed by atoms with Gasteiger partial charge < -0.3 is 15.4 Å². The molecule has 1 aliphatic heterocycles. The highest BCUT2D eigenvalue weighted by Crippen LogP contribution is 2.29. The van der Waals surface area contributed by atoms with E-state index >= 15 is 0 Å². The lowest BCUT2D eigenvalue weighted by Gasteiger charge is -2.33. The SMILES string of the molecule is CC(C)(C)OC(=O)N1CC(N)CC1(C)C. The second-order valence-electron chi connectivity index (χ2n) is 5.87. The second-order valence-corrected chi connectivity index (χ2v) is 5.87. The molecule has 0 aromatic rings. The van der Waals surface area contributed by atoms with E-state index in [1.165, 1.54) is 0 Å². The molecule has 1 rings (SSSR count). The fourth-order valence-corrected chi connectivity index (χ4v) is 1.94. The summed E-state index contributed by atoms with van der Waals surface area (Å²) in [6.45, 7) is 10.2. The van der Waals surface area contributed by atoms with Gasteiger partial charge in [-0.3, -0.25) is 0 Å². The van der Waals surface area contributed by atoms with Crippen LogP contribution in [0.1, 0.15) is 41.0 Å². The molecule has 4 nitrogen and oxygen atoms in total. The summed E-state index contributed by atoms with van der Waals surface area (Å²) < 4.78 is 5.34. The van der Waals surface area contributed by atoms with E-state index in [4.69, 9.17) is 10.5 Å². The van der Waals surface area contributed by atoms with Gasteiger partial charge in [0.25, 0.3) is 0 Å². The fourth-order valence-electron chi connectivity index (χ4n) is 1.94. The van der Waals surface area contributed by atoms with Crippen molar-refractivity contribution >= 4 is 6.09 Å². The van der Waals surface area contributed by atoms with Crippen LogP contribution in [0.15, 0.2) is 0 Å². The third-order valence-corrected chi connectivity index (χ3v) is 2.52. The molecule has 0 radical (unpaired) electrons. The van der Waals surface area contributed by atoms with Gasteiger partial charge in [0.15, 0.2) is 0 Å². The molecule has 2 N–H and O–H groups in total. The van der Waals surface area contributed by atoms with Crippen molar-refractivity contribution in [2.75, 3.05) is 6.54 Å². The molecule has 0 saturated carbocycles. The maximum absolute atomic E-state index is 11.9. The van der Waals surface area contributed by atoms with E-state index in [-0.39, 0.29) is 17.7 Å². The molecule has 4 heteroatoms. The van der Waals surface area contributed by atoms with Gasteiger partial charge in [-0.2, -0.15) is 0 Å². The lowest BCUT2D eigenvalue weighted by Crippen LogP contribution is -2.45. The molecule has 1 fully saturated rings. The Balaban J connectivity index is 2.68. The molecule has 15 heavy (non-hydrogen) atoms. The molecule has 1 heterocycles. The Morgan fingerprint density at radius 1 is 1.47 bits per heavy atom. The predicted molar refractivity (Wildman–Crippen MR) is 59.6 cm³/mol. The maximum Gasteiger partial charge on any atom is 0.410 e. The van der Waals surface area contributed by atoms with Gasteiger partial charge in [0.2, 0.25) is 0 Å². The standard InChI is InChI=1S/C11H22N2O2/c1-10(2,3)15-9(14)13-7-8(12)6-11(13,4)5/h8H,6-7,12H2,1-5H3.